The van der Waals surface area contributed by atoms with Crippen molar-refractivity contribution in [1.29, 1.82) is 0 Å². The highest BCUT2D eigenvalue weighted by Gasteiger charge is 2.09. The van der Waals surface area contributed by atoms with Crippen LogP contribution in [0.2, 0.25) is 0 Å². The van der Waals surface area contributed by atoms with Gasteiger partial charge in [0, 0.05) is 18.1 Å². The first-order valence-corrected chi connectivity index (χ1v) is 6.99. The highest BCUT2D eigenvalue weighted by Crippen LogP contribution is 2.13. The van der Waals surface area contributed by atoms with Gasteiger partial charge in [-0.15, -0.1) is 0 Å². The Morgan fingerprint density at radius 3 is 2.75 bits per heavy atom. The molecule has 20 heavy (non-hydrogen) atoms. The van der Waals surface area contributed by atoms with E-state index in [2.05, 4.69) is 23.7 Å². The van der Waals surface area contributed by atoms with Crippen molar-refractivity contribution in [3.8, 4) is 0 Å². The number of aromatic nitrogens is 1. The van der Waals surface area contributed by atoms with Crippen molar-refractivity contribution in [3.63, 3.8) is 0 Å². The van der Waals surface area contributed by atoms with E-state index in [1.807, 2.05) is 30.3 Å². The van der Waals surface area contributed by atoms with Gasteiger partial charge in [0.2, 0.25) is 0 Å². The van der Waals surface area contributed by atoms with Crippen LogP contribution < -0.4 is 0 Å². The number of likely N-dealkylation sites (N-methyl/N-ethyl adjacent to an activating group) is 1. The van der Waals surface area contributed by atoms with E-state index in [1.54, 1.807) is 6.20 Å². The average molecular weight is 272 g/mol. The fraction of sp³-hybridized carbons (Fsp3) is 0.375. The molecule has 4 nitrogen and oxygen atoms in total. The molecule has 0 aliphatic rings. The molecule has 1 aromatic heterocycles. The molecule has 0 spiro atoms. The summed E-state index contributed by atoms with van der Waals surface area (Å²) in [7, 11) is 0. The van der Waals surface area contributed by atoms with E-state index < -0.39 is 0 Å². The predicted octanol–water partition coefficient (Wildman–Crippen LogP) is 2.73. The van der Waals surface area contributed by atoms with Gasteiger partial charge in [-0.2, -0.15) is 0 Å². The lowest BCUT2D eigenvalue weighted by Crippen LogP contribution is -2.27. The van der Waals surface area contributed by atoms with E-state index in [4.69, 9.17) is 4.74 Å². The van der Waals surface area contributed by atoms with E-state index in [1.165, 1.54) is 0 Å². The number of pyridine rings is 1. The molecule has 0 unspecified atom stereocenters. The van der Waals surface area contributed by atoms with Gasteiger partial charge in [0.05, 0.1) is 11.1 Å². The smallest absolute Gasteiger partial charge is 0.339 e. The lowest BCUT2D eigenvalue weighted by atomic mass is 10.1. The van der Waals surface area contributed by atoms with Gasteiger partial charge in [0.1, 0.15) is 6.61 Å². The van der Waals surface area contributed by atoms with Crippen LogP contribution in [0.4, 0.5) is 0 Å². The maximum absolute atomic E-state index is 12.0. The predicted molar refractivity (Wildman–Crippen MR) is 79.8 cm³/mol. The summed E-state index contributed by atoms with van der Waals surface area (Å²) >= 11 is 0. The van der Waals surface area contributed by atoms with Crippen molar-refractivity contribution < 1.29 is 9.53 Å². The molecule has 106 valence electrons. The Morgan fingerprint density at radius 1 is 1.25 bits per heavy atom. The molecule has 0 N–H and O–H groups in total. The first-order valence-electron chi connectivity index (χ1n) is 6.99. The van der Waals surface area contributed by atoms with Crippen molar-refractivity contribution in [2.24, 2.45) is 0 Å². The van der Waals surface area contributed by atoms with Gasteiger partial charge in [0.25, 0.3) is 0 Å². The van der Waals surface area contributed by atoms with Gasteiger partial charge in [0.15, 0.2) is 0 Å². The van der Waals surface area contributed by atoms with E-state index in [-0.39, 0.29) is 5.97 Å². The Bertz CT molecular complexity index is 579. The molecular formula is C16H20N2O2. The lowest BCUT2D eigenvalue weighted by Gasteiger charge is -2.17. The fourth-order valence-corrected chi connectivity index (χ4v) is 2.07. The molecule has 0 saturated heterocycles. The highest BCUT2D eigenvalue weighted by atomic mass is 16.5. The molecule has 0 atom stereocenters. The number of nitrogens with zero attached hydrogens (tertiary/aromatic N) is 2. The molecule has 0 amide bonds. The summed E-state index contributed by atoms with van der Waals surface area (Å²) in [6.45, 7) is 7.29. The Kier molecular flexibility index (Phi) is 5.07. The second kappa shape index (κ2) is 7.01. The number of fused-ring (bicyclic) bond motifs is 1. The summed E-state index contributed by atoms with van der Waals surface area (Å²) in [6, 6.07) is 9.54. The Labute approximate surface area is 119 Å². The first-order chi connectivity index (χ1) is 9.74. The van der Waals surface area contributed by atoms with Gasteiger partial charge < -0.3 is 9.64 Å². The largest absolute Gasteiger partial charge is 0.461 e. The standard InChI is InChI=1S/C16H20N2O2/c1-3-18(4-2)9-10-20-16(19)14-11-13-7-5-6-8-15(13)17-12-14/h5-8,11-12H,3-4,9-10H2,1-2H3. The highest BCUT2D eigenvalue weighted by molar-refractivity contribution is 5.93. The van der Waals surface area contributed by atoms with Crippen LogP contribution in [0.1, 0.15) is 24.2 Å². The zero-order chi connectivity index (χ0) is 14.4. The molecule has 2 rings (SSSR count). The number of ether oxygens (including phenoxy) is 1. The molecule has 0 bridgehead atoms. The Morgan fingerprint density at radius 2 is 2.00 bits per heavy atom. The molecule has 4 heteroatoms. The number of esters is 1. The molecule has 0 aliphatic heterocycles. The second-order valence-electron chi connectivity index (χ2n) is 4.58. The number of hydrogen-bond donors (Lipinski definition) is 0. The summed E-state index contributed by atoms with van der Waals surface area (Å²) < 4.78 is 5.29. The number of carbonyl (C=O) groups excluding carboxylic acids is 1. The molecule has 0 radical (unpaired) electrons. The van der Waals surface area contributed by atoms with Crippen molar-refractivity contribution in [3.05, 3.63) is 42.1 Å². The second-order valence-corrected chi connectivity index (χ2v) is 4.58. The lowest BCUT2D eigenvalue weighted by molar-refractivity contribution is 0.0466. The van der Waals surface area contributed by atoms with Crippen LogP contribution in [0.25, 0.3) is 10.9 Å². The zero-order valence-corrected chi connectivity index (χ0v) is 12.0. The van der Waals surface area contributed by atoms with Crippen LogP contribution in [-0.4, -0.2) is 42.1 Å². The minimum absolute atomic E-state index is 0.310. The van der Waals surface area contributed by atoms with Gasteiger partial charge in [-0.25, -0.2) is 4.79 Å². The van der Waals surface area contributed by atoms with Crippen LogP contribution in [-0.2, 0) is 4.74 Å². The summed E-state index contributed by atoms with van der Waals surface area (Å²) in [6.07, 6.45) is 1.57. The number of para-hydroxylation sites is 1. The molecule has 0 saturated carbocycles. The molecule has 1 heterocycles. The average Bonchev–Trinajstić information content (AvgIpc) is 2.51. The van der Waals surface area contributed by atoms with Crippen molar-refractivity contribution in [2.75, 3.05) is 26.2 Å². The minimum atomic E-state index is -0.310. The Hall–Kier alpha value is -1.94. The van der Waals surface area contributed by atoms with E-state index in [9.17, 15) is 4.79 Å². The quantitative estimate of drug-likeness (QED) is 0.758. The Balaban J connectivity index is 1.97. The number of carbonyl (C=O) groups is 1. The zero-order valence-electron chi connectivity index (χ0n) is 12.0. The van der Waals surface area contributed by atoms with Gasteiger partial charge >= 0.3 is 5.97 Å². The van der Waals surface area contributed by atoms with Gasteiger partial charge in [-0.1, -0.05) is 32.0 Å². The van der Waals surface area contributed by atoms with Crippen molar-refractivity contribution in [1.82, 2.24) is 9.88 Å². The van der Waals surface area contributed by atoms with Crippen molar-refractivity contribution in [2.45, 2.75) is 13.8 Å². The third kappa shape index (κ3) is 3.54. The molecule has 0 fully saturated rings. The van der Waals surface area contributed by atoms with Crippen LogP contribution in [0, 0.1) is 0 Å². The van der Waals surface area contributed by atoms with Gasteiger partial charge in [-0.3, -0.25) is 4.98 Å². The first kappa shape index (κ1) is 14.5. The van der Waals surface area contributed by atoms with Crippen LogP contribution in [0.15, 0.2) is 36.5 Å². The van der Waals surface area contributed by atoms with Crippen LogP contribution >= 0.6 is 0 Å². The minimum Gasteiger partial charge on any atom is -0.461 e. The number of hydrogen-bond acceptors (Lipinski definition) is 4. The number of rotatable bonds is 6. The van der Waals surface area contributed by atoms with E-state index in [0.717, 1.165) is 30.5 Å². The summed E-state index contributed by atoms with van der Waals surface area (Å²) in [5.41, 5.74) is 1.38. The third-order valence-electron chi connectivity index (χ3n) is 3.36. The summed E-state index contributed by atoms with van der Waals surface area (Å²) in [5.74, 6) is -0.310. The summed E-state index contributed by atoms with van der Waals surface area (Å²) in [5, 5.41) is 0.950. The van der Waals surface area contributed by atoms with E-state index in [0.29, 0.717) is 12.2 Å². The third-order valence-corrected chi connectivity index (χ3v) is 3.36. The van der Waals surface area contributed by atoms with Crippen LogP contribution in [0.5, 0.6) is 0 Å². The normalized spacial score (nSPS) is 10.9. The number of benzene rings is 1. The van der Waals surface area contributed by atoms with Crippen molar-refractivity contribution >= 4 is 16.9 Å². The fourth-order valence-electron chi connectivity index (χ4n) is 2.07. The monoisotopic (exact) mass is 272 g/mol. The molecule has 0 aliphatic carbocycles. The van der Waals surface area contributed by atoms with Crippen LogP contribution in [0.3, 0.4) is 0 Å². The molecular weight excluding hydrogens is 252 g/mol. The topological polar surface area (TPSA) is 42.4 Å². The maximum Gasteiger partial charge on any atom is 0.339 e. The molecule has 1 aromatic carbocycles. The van der Waals surface area contributed by atoms with E-state index >= 15 is 0 Å². The summed E-state index contributed by atoms with van der Waals surface area (Å²) in [4.78, 5) is 18.4. The molecule has 2 aromatic rings. The SMILES string of the molecule is CCN(CC)CCOC(=O)c1cnc2ccccc2c1. The maximum atomic E-state index is 12.0. The van der Waals surface area contributed by atoms with Gasteiger partial charge in [-0.05, 0) is 25.2 Å².